The number of rotatable bonds is 6. The first-order valence-corrected chi connectivity index (χ1v) is 7.30. The van der Waals surface area contributed by atoms with E-state index in [1.807, 2.05) is 37.4 Å². The topological polar surface area (TPSA) is 24.5 Å². The molecule has 0 radical (unpaired) electrons. The molecule has 0 saturated heterocycles. The monoisotopic (exact) mass is 304 g/mol. The van der Waals surface area contributed by atoms with Gasteiger partial charge in [0, 0.05) is 42.0 Å². The van der Waals surface area contributed by atoms with E-state index in [4.69, 9.17) is 16.3 Å². The largest absolute Gasteiger partial charge is 0.496 e. The lowest BCUT2D eigenvalue weighted by atomic mass is 10.1. The molecule has 0 bridgehead atoms. The highest BCUT2D eigenvalue weighted by atomic mass is 35.5. The van der Waals surface area contributed by atoms with Gasteiger partial charge >= 0.3 is 0 Å². The first-order chi connectivity index (χ1) is 10.2. The number of anilines is 1. The molecule has 0 heterocycles. The summed E-state index contributed by atoms with van der Waals surface area (Å²) in [6.07, 6.45) is 0. The van der Waals surface area contributed by atoms with Gasteiger partial charge in [0.05, 0.1) is 7.11 Å². The summed E-state index contributed by atoms with van der Waals surface area (Å²) in [4.78, 5) is 2.19. The number of methoxy groups -OCH3 is 1. The van der Waals surface area contributed by atoms with Crippen molar-refractivity contribution in [1.82, 2.24) is 5.32 Å². The second-order valence-electron chi connectivity index (χ2n) is 4.94. The Bertz CT molecular complexity index is 601. The number of nitrogens with zero attached hydrogens (tertiary/aromatic N) is 1. The molecule has 2 rings (SSSR count). The second-order valence-corrected chi connectivity index (χ2v) is 5.34. The lowest BCUT2D eigenvalue weighted by Gasteiger charge is -2.24. The summed E-state index contributed by atoms with van der Waals surface area (Å²) in [5, 5.41) is 3.96. The maximum Gasteiger partial charge on any atom is 0.123 e. The molecule has 0 aromatic heterocycles. The standard InChI is InChI=1S/C17H21ClN2O/c1-19-11-14-15(18)8-6-9-16(14)20(2)12-13-7-4-5-10-17(13)21-3/h4-10,19H,11-12H2,1-3H3. The van der Waals surface area contributed by atoms with E-state index >= 15 is 0 Å². The van der Waals surface area contributed by atoms with Crippen LogP contribution in [0.15, 0.2) is 42.5 Å². The quantitative estimate of drug-likeness (QED) is 0.880. The SMILES string of the molecule is CNCc1c(Cl)cccc1N(C)Cc1ccccc1OC. The Morgan fingerprint density at radius 2 is 1.90 bits per heavy atom. The van der Waals surface area contributed by atoms with Gasteiger partial charge in [0.2, 0.25) is 0 Å². The van der Waals surface area contributed by atoms with E-state index in [0.717, 1.165) is 40.7 Å². The highest BCUT2D eigenvalue weighted by molar-refractivity contribution is 6.31. The molecule has 0 unspecified atom stereocenters. The van der Waals surface area contributed by atoms with Gasteiger partial charge in [-0.2, -0.15) is 0 Å². The summed E-state index contributed by atoms with van der Waals surface area (Å²) >= 11 is 6.32. The zero-order chi connectivity index (χ0) is 15.2. The van der Waals surface area contributed by atoms with Crippen molar-refractivity contribution >= 4 is 17.3 Å². The molecule has 0 aliphatic heterocycles. The number of para-hydroxylation sites is 1. The first-order valence-electron chi connectivity index (χ1n) is 6.92. The molecule has 112 valence electrons. The van der Waals surface area contributed by atoms with Crippen LogP contribution in [0.25, 0.3) is 0 Å². The Morgan fingerprint density at radius 3 is 2.62 bits per heavy atom. The summed E-state index contributed by atoms with van der Waals surface area (Å²) in [6, 6.07) is 14.1. The number of hydrogen-bond acceptors (Lipinski definition) is 3. The molecule has 0 amide bonds. The molecule has 3 nitrogen and oxygen atoms in total. The van der Waals surface area contributed by atoms with Crippen LogP contribution in [0.1, 0.15) is 11.1 Å². The Balaban J connectivity index is 2.28. The highest BCUT2D eigenvalue weighted by Gasteiger charge is 2.12. The summed E-state index contributed by atoms with van der Waals surface area (Å²) in [5.41, 5.74) is 3.39. The van der Waals surface area contributed by atoms with Crippen LogP contribution in [0.4, 0.5) is 5.69 Å². The predicted molar refractivity (Wildman–Crippen MR) is 89.3 cm³/mol. The van der Waals surface area contributed by atoms with Crippen LogP contribution in [0, 0.1) is 0 Å². The van der Waals surface area contributed by atoms with E-state index in [-0.39, 0.29) is 0 Å². The van der Waals surface area contributed by atoms with E-state index in [2.05, 4.69) is 29.4 Å². The fourth-order valence-electron chi connectivity index (χ4n) is 2.43. The van der Waals surface area contributed by atoms with Crippen LogP contribution in [-0.4, -0.2) is 21.2 Å². The first kappa shape index (κ1) is 15.7. The summed E-state index contributed by atoms with van der Waals surface area (Å²) in [6.45, 7) is 1.51. The third-order valence-corrected chi connectivity index (χ3v) is 3.81. The van der Waals surface area contributed by atoms with Crippen molar-refractivity contribution < 1.29 is 4.74 Å². The molecule has 0 aliphatic carbocycles. The zero-order valence-corrected chi connectivity index (χ0v) is 13.4. The molecule has 21 heavy (non-hydrogen) atoms. The predicted octanol–water partition coefficient (Wildman–Crippen LogP) is 3.70. The highest BCUT2D eigenvalue weighted by Crippen LogP contribution is 2.29. The zero-order valence-electron chi connectivity index (χ0n) is 12.7. The molecule has 0 aliphatic rings. The van der Waals surface area contributed by atoms with Crippen molar-refractivity contribution in [3.63, 3.8) is 0 Å². The van der Waals surface area contributed by atoms with Gasteiger partial charge in [-0.1, -0.05) is 35.9 Å². The molecular formula is C17H21ClN2O. The number of hydrogen-bond donors (Lipinski definition) is 1. The van der Waals surface area contributed by atoms with Gasteiger partial charge in [-0.25, -0.2) is 0 Å². The van der Waals surface area contributed by atoms with Crippen LogP contribution >= 0.6 is 11.6 Å². The van der Waals surface area contributed by atoms with E-state index in [1.165, 1.54) is 0 Å². The maximum absolute atomic E-state index is 6.32. The number of benzene rings is 2. The minimum absolute atomic E-state index is 0.741. The summed E-state index contributed by atoms with van der Waals surface area (Å²) < 4.78 is 5.42. The lowest BCUT2D eigenvalue weighted by molar-refractivity contribution is 0.409. The Kier molecular flexibility index (Phi) is 5.48. The normalized spacial score (nSPS) is 10.5. The van der Waals surface area contributed by atoms with Crippen molar-refractivity contribution in [1.29, 1.82) is 0 Å². The molecule has 0 atom stereocenters. The van der Waals surface area contributed by atoms with E-state index in [0.29, 0.717) is 0 Å². The van der Waals surface area contributed by atoms with E-state index < -0.39 is 0 Å². The molecule has 4 heteroatoms. The molecule has 2 aromatic rings. The minimum Gasteiger partial charge on any atom is -0.496 e. The molecule has 0 saturated carbocycles. The van der Waals surface area contributed by atoms with Crippen molar-refractivity contribution in [2.75, 3.05) is 26.1 Å². The van der Waals surface area contributed by atoms with Crippen LogP contribution in [0.5, 0.6) is 5.75 Å². The van der Waals surface area contributed by atoms with Gasteiger partial charge in [0.1, 0.15) is 5.75 Å². The molecule has 0 fully saturated rings. The molecular weight excluding hydrogens is 284 g/mol. The van der Waals surface area contributed by atoms with Gasteiger partial charge in [-0.05, 0) is 25.2 Å². The second kappa shape index (κ2) is 7.34. The van der Waals surface area contributed by atoms with Gasteiger partial charge in [-0.3, -0.25) is 0 Å². The molecule has 0 spiro atoms. The van der Waals surface area contributed by atoms with Crippen LogP contribution in [0.2, 0.25) is 5.02 Å². The average molecular weight is 305 g/mol. The Labute approximate surface area is 131 Å². The minimum atomic E-state index is 0.741. The average Bonchev–Trinajstić information content (AvgIpc) is 2.50. The summed E-state index contributed by atoms with van der Waals surface area (Å²) in [7, 11) is 5.69. The lowest BCUT2D eigenvalue weighted by Crippen LogP contribution is -2.20. The molecule has 2 aromatic carbocycles. The number of ether oxygens (including phenoxy) is 1. The van der Waals surface area contributed by atoms with Crippen LogP contribution < -0.4 is 15.0 Å². The fourth-order valence-corrected chi connectivity index (χ4v) is 2.67. The number of halogens is 1. The third kappa shape index (κ3) is 3.69. The fraction of sp³-hybridized carbons (Fsp3) is 0.294. The van der Waals surface area contributed by atoms with Gasteiger partial charge in [0.25, 0.3) is 0 Å². The van der Waals surface area contributed by atoms with E-state index in [1.54, 1.807) is 7.11 Å². The molecule has 1 N–H and O–H groups in total. The third-order valence-electron chi connectivity index (χ3n) is 3.46. The maximum atomic E-state index is 6.32. The number of nitrogens with one attached hydrogen (secondary N) is 1. The van der Waals surface area contributed by atoms with Crippen LogP contribution in [0.3, 0.4) is 0 Å². The van der Waals surface area contributed by atoms with Crippen LogP contribution in [-0.2, 0) is 13.1 Å². The smallest absolute Gasteiger partial charge is 0.123 e. The van der Waals surface area contributed by atoms with Crippen molar-refractivity contribution in [2.45, 2.75) is 13.1 Å². The van der Waals surface area contributed by atoms with Gasteiger partial charge in [-0.15, -0.1) is 0 Å². The van der Waals surface area contributed by atoms with Gasteiger partial charge in [0.15, 0.2) is 0 Å². The summed E-state index contributed by atoms with van der Waals surface area (Å²) in [5.74, 6) is 0.904. The van der Waals surface area contributed by atoms with Gasteiger partial charge < -0.3 is 15.0 Å². The van der Waals surface area contributed by atoms with Crippen molar-refractivity contribution in [3.05, 3.63) is 58.6 Å². The Hall–Kier alpha value is -1.71. The van der Waals surface area contributed by atoms with Crippen molar-refractivity contribution in [2.24, 2.45) is 0 Å². The van der Waals surface area contributed by atoms with Crippen molar-refractivity contribution in [3.8, 4) is 5.75 Å². The Morgan fingerprint density at radius 1 is 1.14 bits per heavy atom. The van der Waals surface area contributed by atoms with E-state index in [9.17, 15) is 0 Å².